The number of carbonyl (C=O) groups excluding carboxylic acids is 1. The summed E-state index contributed by atoms with van der Waals surface area (Å²) in [5, 5.41) is 151. The number of hydrogen-bond acceptors (Lipinski definition) is 51. The topological polar surface area (TPSA) is 507 Å². The molecule has 0 amide bonds. The fraction of sp³-hybridized carbons (Fsp3) is 0.591. The molecular weight excluding hydrogens is 1130 g/mol. The second-order valence-corrected chi connectivity index (χ2v) is 11.8. The van der Waals surface area contributed by atoms with E-state index < -0.39 is 32.9 Å². The number of methoxy groups -OCH3 is 1. The van der Waals surface area contributed by atoms with Crippen LogP contribution in [0.15, 0.2) is 36.8 Å². The van der Waals surface area contributed by atoms with E-state index in [-0.39, 0.29) is 19.6 Å². The number of hydrogen-bond donors (Lipinski definition) is 1. The summed E-state index contributed by atoms with van der Waals surface area (Å²) in [5.41, 5.74) is 2.01. The Balaban J connectivity index is 1.69. The van der Waals surface area contributed by atoms with Crippen molar-refractivity contribution in [3.8, 4) is 0 Å². The van der Waals surface area contributed by atoms with Gasteiger partial charge in [-0.15, -0.1) is 4.67 Å². The zero-order valence-electron chi connectivity index (χ0n) is 36.8. The third kappa shape index (κ3) is 49.7. The van der Waals surface area contributed by atoms with Crippen LogP contribution in [0.5, 0.6) is 0 Å². The van der Waals surface area contributed by atoms with Gasteiger partial charge in [0.2, 0.25) is 0 Å². The maximum atomic E-state index is 12.3. The third-order valence-electron chi connectivity index (χ3n) is 5.39. The summed E-state index contributed by atoms with van der Waals surface area (Å²) in [6, 6.07) is 7.76. The highest BCUT2D eigenvalue weighted by Gasteiger charge is 2.23. The minimum atomic E-state index is -4.59. The maximum absolute atomic E-state index is 12.3. The second kappa shape index (κ2) is 53.8. The molecule has 2 atom stereocenters. The predicted octanol–water partition coefficient (Wildman–Crippen LogP) is 1.57. The summed E-state index contributed by atoms with van der Waals surface area (Å²) in [6.45, 7) is 4.90. The lowest BCUT2D eigenvalue weighted by molar-refractivity contribution is -0.909. The molecule has 52 nitrogen and oxygen atoms in total. The molecule has 0 aliphatic rings. The molecule has 1 aromatic carbocycles. The molecule has 0 radical (unpaired) electrons. The first-order valence-electron chi connectivity index (χ1n) is 17.7. The first-order valence-corrected chi connectivity index (χ1v) is 19.2. The monoisotopic (exact) mass is 1160 g/mol. The highest BCUT2D eigenvalue weighted by molar-refractivity contribution is 7.47. The SMILES string of the molecule is CO/C=C\OOOOOOOOOOOOOOOOOOOOOOOOOOOOOOOOOOOOOOOOOOOOCCOOP(=O)(O)OCCCCOC(=O)C(C)c1ccc(CC(C)C)cc1. The molecular formula is C22H35O52P. The fourth-order valence-electron chi connectivity index (χ4n) is 3.05. The van der Waals surface area contributed by atoms with Crippen LogP contribution in [0.1, 0.15) is 50.7 Å². The number of phosphoric ester groups is 1. The summed E-state index contributed by atoms with van der Waals surface area (Å²) in [4.78, 5) is 34.9. The van der Waals surface area contributed by atoms with Crippen LogP contribution in [0, 0.1) is 5.92 Å². The van der Waals surface area contributed by atoms with Crippen molar-refractivity contribution in [3.05, 3.63) is 47.9 Å². The van der Waals surface area contributed by atoms with Gasteiger partial charge in [0, 0.05) is 171 Å². The molecule has 2 unspecified atom stereocenters. The average Bonchev–Trinajstić information content (AvgIpc) is 3.40. The average molecular weight is 1160 g/mol. The van der Waals surface area contributed by atoms with E-state index in [1.807, 2.05) is 24.3 Å². The summed E-state index contributed by atoms with van der Waals surface area (Å²) < 4.78 is 30.5. The maximum Gasteiger partial charge on any atom is 0.499 e. The van der Waals surface area contributed by atoms with Crippen LogP contribution in [0.4, 0.5) is 0 Å². The van der Waals surface area contributed by atoms with E-state index in [1.54, 1.807) is 6.92 Å². The normalized spacial score (nSPS) is 13.0. The van der Waals surface area contributed by atoms with Crippen LogP contribution in [0.25, 0.3) is 0 Å². The number of carbonyl (C=O) groups is 1. The summed E-state index contributed by atoms with van der Waals surface area (Å²) in [5.74, 6) is -0.351. The first-order chi connectivity index (χ1) is 36.7. The zero-order chi connectivity index (χ0) is 54.2. The van der Waals surface area contributed by atoms with Crippen LogP contribution in [0.3, 0.4) is 0 Å². The van der Waals surface area contributed by atoms with Gasteiger partial charge < -0.3 is 19.3 Å². The second-order valence-electron chi connectivity index (χ2n) is 10.4. The van der Waals surface area contributed by atoms with Gasteiger partial charge in [-0.3, -0.25) is 9.32 Å². The van der Waals surface area contributed by atoms with Gasteiger partial charge in [-0.05, 0) is 83.5 Å². The highest BCUT2D eigenvalue weighted by atomic mass is 31.2. The molecule has 0 aliphatic heterocycles. The van der Waals surface area contributed by atoms with E-state index in [1.165, 1.54) is 12.7 Å². The molecule has 0 heterocycles. The molecule has 53 heteroatoms. The van der Waals surface area contributed by atoms with Crippen molar-refractivity contribution in [2.24, 2.45) is 5.92 Å². The van der Waals surface area contributed by atoms with Crippen molar-refractivity contribution < 1.29 is 259 Å². The summed E-state index contributed by atoms with van der Waals surface area (Å²) in [7, 11) is -3.27. The molecule has 1 rings (SSSR count). The van der Waals surface area contributed by atoms with Gasteiger partial charge in [0.05, 0.1) is 26.2 Å². The molecule has 0 aliphatic carbocycles. The van der Waals surface area contributed by atoms with Gasteiger partial charge in [0.1, 0.15) is 19.5 Å². The van der Waals surface area contributed by atoms with Gasteiger partial charge in [0.25, 0.3) is 0 Å². The summed E-state index contributed by atoms with van der Waals surface area (Å²) in [6.07, 6.45) is 3.50. The van der Waals surface area contributed by atoms with E-state index in [0.717, 1.165) is 24.5 Å². The predicted molar refractivity (Wildman–Crippen MR) is 165 cm³/mol. The molecule has 0 bridgehead atoms. The lowest BCUT2D eigenvalue weighted by Gasteiger charge is -2.13. The highest BCUT2D eigenvalue weighted by Crippen LogP contribution is 2.43. The van der Waals surface area contributed by atoms with Crippen LogP contribution < -0.4 is 0 Å². The molecule has 0 aromatic heterocycles. The zero-order valence-corrected chi connectivity index (χ0v) is 37.7. The Kier molecular flexibility index (Phi) is 49.7. The van der Waals surface area contributed by atoms with Crippen molar-refractivity contribution in [2.45, 2.75) is 46.0 Å². The number of rotatable bonds is 60. The standard InChI is InChI=1S/C22H35O52P/c1-18(2)17-20-7-9-21(10-8-20)19(3)22(23)27-11-5-6-12-31-75(24,25)74-30-16-15-29-33-35-37-39-41-43-45-47-49-51-53-55-57-59-61-63-65-67-69-71-73-72-70-68-66-64-62-60-58-56-54-52-50-48-46-44-42-40-38-36-34-32-28-14-13-26-4/h7-10,13-14,18-19H,5-6,11-12,15-17H2,1-4H3,(H,24,25)/b14-13-. The van der Waals surface area contributed by atoms with Crippen LogP contribution >= 0.6 is 7.82 Å². The smallest absolute Gasteiger partial charge is 0.499 e. The fourth-order valence-corrected chi connectivity index (χ4v) is 3.66. The van der Waals surface area contributed by atoms with E-state index in [9.17, 15) is 14.3 Å². The van der Waals surface area contributed by atoms with E-state index in [2.05, 4.69) is 250 Å². The Hall–Kier alpha value is -3.62. The number of phosphoric acid groups is 1. The quantitative estimate of drug-likeness (QED) is 0.0241. The van der Waals surface area contributed by atoms with Crippen LogP contribution in [-0.2, 0) is 261 Å². The molecule has 1 N–H and O–H groups in total. The Morgan fingerprint density at radius 2 is 0.787 bits per heavy atom. The first kappa shape index (κ1) is 69.4. The molecule has 0 fully saturated rings. The van der Waals surface area contributed by atoms with Gasteiger partial charge in [-0.2, -0.15) is 0 Å². The number of unbranched alkanes of at least 4 members (excludes halogenated alkanes) is 1. The van der Waals surface area contributed by atoms with Crippen molar-refractivity contribution in [2.75, 3.05) is 33.5 Å². The van der Waals surface area contributed by atoms with Crippen molar-refractivity contribution >= 4 is 13.8 Å². The van der Waals surface area contributed by atoms with E-state index in [0.29, 0.717) is 12.3 Å². The summed E-state index contributed by atoms with van der Waals surface area (Å²) >= 11 is 0. The van der Waals surface area contributed by atoms with Crippen LogP contribution in [-0.4, -0.2) is 44.4 Å². The van der Waals surface area contributed by atoms with Gasteiger partial charge >= 0.3 is 13.8 Å². The number of esters is 1. The number of benzene rings is 1. The Morgan fingerprint density at radius 3 is 1.15 bits per heavy atom. The molecule has 440 valence electrons. The Labute approximate surface area is 407 Å². The Bertz CT molecular complexity index is 1430. The van der Waals surface area contributed by atoms with Gasteiger partial charge in [-0.25, -0.2) is 14.3 Å². The molecule has 1 aromatic rings. The Morgan fingerprint density at radius 1 is 0.453 bits per heavy atom. The van der Waals surface area contributed by atoms with E-state index >= 15 is 0 Å². The van der Waals surface area contributed by atoms with Crippen LogP contribution in [0.2, 0.25) is 0 Å². The van der Waals surface area contributed by atoms with Crippen molar-refractivity contribution in [1.82, 2.24) is 0 Å². The molecule has 0 spiro atoms. The molecule has 0 saturated heterocycles. The lowest BCUT2D eigenvalue weighted by Crippen LogP contribution is -2.14. The number of ether oxygens (including phenoxy) is 2. The van der Waals surface area contributed by atoms with E-state index in [4.69, 9.17) is 9.26 Å². The largest absolute Gasteiger partial charge is 0.501 e. The minimum Gasteiger partial charge on any atom is -0.501 e. The molecule has 75 heavy (non-hydrogen) atoms. The van der Waals surface area contributed by atoms with Gasteiger partial charge in [-0.1, -0.05) is 38.1 Å². The van der Waals surface area contributed by atoms with Crippen molar-refractivity contribution in [3.63, 3.8) is 0 Å². The van der Waals surface area contributed by atoms with Crippen molar-refractivity contribution in [1.29, 1.82) is 0 Å². The molecule has 0 saturated carbocycles. The minimum absolute atomic E-state index is 0.0725. The third-order valence-corrected chi connectivity index (χ3v) is 6.19. The lowest BCUT2D eigenvalue weighted by atomic mass is 9.97. The van der Waals surface area contributed by atoms with Gasteiger partial charge in [0.15, 0.2) is 6.26 Å².